The highest BCUT2D eigenvalue weighted by atomic mass is 35.5. The summed E-state index contributed by atoms with van der Waals surface area (Å²) in [5.41, 5.74) is 3.06. The van der Waals surface area contributed by atoms with Crippen molar-refractivity contribution in [1.29, 1.82) is 0 Å². The molecule has 0 spiro atoms. The normalized spacial score (nSPS) is 15.9. The van der Waals surface area contributed by atoms with E-state index in [0.717, 1.165) is 16.8 Å². The van der Waals surface area contributed by atoms with E-state index in [4.69, 9.17) is 23.2 Å². The summed E-state index contributed by atoms with van der Waals surface area (Å²) >= 11 is 13.9. The van der Waals surface area contributed by atoms with Gasteiger partial charge in [-0.15, -0.1) is 10.2 Å². The van der Waals surface area contributed by atoms with Crippen LogP contribution >= 0.6 is 34.5 Å². The number of halogens is 2. The van der Waals surface area contributed by atoms with Gasteiger partial charge in [0.25, 0.3) is 5.56 Å². The second-order valence-corrected chi connectivity index (χ2v) is 8.79. The van der Waals surface area contributed by atoms with Crippen LogP contribution in [0.1, 0.15) is 22.7 Å². The van der Waals surface area contributed by atoms with Gasteiger partial charge in [-0.3, -0.25) is 9.36 Å². The number of aromatic nitrogens is 1. The standard InChI is InChI=1S/C24H15Cl2N3OS/c25-18-12-7-13-19(26)17(18)14-20-23(30)29-22(16-10-5-2-6-11-16)21(27-28-24(29)31-20)15-8-3-1-4-9-15/h1-14,22H/b20-14-. The summed E-state index contributed by atoms with van der Waals surface area (Å²) in [6.45, 7) is 0. The Morgan fingerprint density at radius 2 is 1.48 bits per heavy atom. The molecule has 1 aromatic heterocycles. The Bertz CT molecular complexity index is 1450. The third-order valence-electron chi connectivity index (χ3n) is 5.06. The van der Waals surface area contributed by atoms with E-state index < -0.39 is 0 Å². The van der Waals surface area contributed by atoms with E-state index >= 15 is 0 Å². The largest absolute Gasteiger partial charge is 0.271 e. The molecule has 4 aromatic rings. The molecule has 31 heavy (non-hydrogen) atoms. The number of hydrogen-bond acceptors (Lipinski definition) is 4. The Labute approximate surface area is 192 Å². The van der Waals surface area contributed by atoms with Crippen molar-refractivity contribution in [3.63, 3.8) is 0 Å². The zero-order valence-electron chi connectivity index (χ0n) is 16.1. The summed E-state index contributed by atoms with van der Waals surface area (Å²) in [5, 5.41) is 9.87. The molecule has 0 aliphatic carbocycles. The van der Waals surface area contributed by atoms with Gasteiger partial charge >= 0.3 is 0 Å². The quantitative estimate of drug-likeness (QED) is 0.435. The zero-order valence-corrected chi connectivity index (χ0v) is 18.4. The van der Waals surface area contributed by atoms with E-state index in [-0.39, 0.29) is 11.6 Å². The molecule has 4 nitrogen and oxygen atoms in total. The second-order valence-electron chi connectivity index (χ2n) is 6.97. The fraction of sp³-hybridized carbons (Fsp3) is 0.0417. The Morgan fingerprint density at radius 1 is 0.839 bits per heavy atom. The summed E-state index contributed by atoms with van der Waals surface area (Å²) < 4.78 is 2.20. The lowest BCUT2D eigenvalue weighted by Crippen LogP contribution is -2.40. The van der Waals surface area contributed by atoms with Crippen molar-refractivity contribution in [3.8, 4) is 0 Å². The number of nitrogens with zero attached hydrogens (tertiary/aromatic N) is 3. The molecule has 2 heterocycles. The van der Waals surface area contributed by atoms with Crippen molar-refractivity contribution >= 4 is 46.3 Å². The van der Waals surface area contributed by atoms with Gasteiger partial charge in [0.15, 0.2) is 0 Å². The molecular formula is C24H15Cl2N3OS. The summed E-state index contributed by atoms with van der Waals surface area (Å²) in [7, 11) is 0. The van der Waals surface area contributed by atoms with Crippen molar-refractivity contribution in [2.75, 3.05) is 0 Å². The lowest BCUT2D eigenvalue weighted by molar-refractivity contribution is 0.657. The molecule has 3 aromatic carbocycles. The van der Waals surface area contributed by atoms with E-state index in [2.05, 4.69) is 10.2 Å². The molecule has 0 saturated heterocycles. The van der Waals surface area contributed by atoms with Crippen LogP contribution in [0, 0.1) is 0 Å². The molecule has 152 valence electrons. The Balaban J connectivity index is 1.75. The minimum Gasteiger partial charge on any atom is -0.268 e. The molecule has 0 N–H and O–H groups in total. The number of thiazole rings is 1. The molecule has 1 unspecified atom stereocenters. The van der Waals surface area contributed by atoms with Crippen LogP contribution in [0.25, 0.3) is 6.08 Å². The Kier molecular flexibility index (Phi) is 5.32. The molecule has 1 aliphatic rings. The van der Waals surface area contributed by atoms with Crippen LogP contribution in [0.5, 0.6) is 0 Å². The molecule has 0 radical (unpaired) electrons. The van der Waals surface area contributed by atoms with Crippen molar-refractivity contribution < 1.29 is 0 Å². The highest BCUT2D eigenvalue weighted by Crippen LogP contribution is 2.26. The average molecular weight is 464 g/mol. The Hall–Kier alpha value is -2.99. The first-order valence-electron chi connectivity index (χ1n) is 9.56. The fourth-order valence-corrected chi connectivity index (χ4v) is 5.04. The van der Waals surface area contributed by atoms with Crippen LogP contribution in [0.3, 0.4) is 0 Å². The maximum Gasteiger partial charge on any atom is 0.271 e. The van der Waals surface area contributed by atoms with Crippen LogP contribution in [0.4, 0.5) is 0 Å². The van der Waals surface area contributed by atoms with Crippen LogP contribution in [-0.2, 0) is 0 Å². The van der Waals surface area contributed by atoms with Crippen LogP contribution < -0.4 is 14.9 Å². The first kappa shape index (κ1) is 19.9. The van der Waals surface area contributed by atoms with Gasteiger partial charge in [0.1, 0.15) is 6.04 Å². The summed E-state index contributed by atoms with van der Waals surface area (Å²) in [6.07, 6.45) is 1.72. The molecule has 1 aliphatic heterocycles. The molecule has 7 heteroatoms. The van der Waals surface area contributed by atoms with Crippen molar-refractivity contribution in [1.82, 2.24) is 4.57 Å². The van der Waals surface area contributed by atoms with Gasteiger partial charge in [0.05, 0.1) is 10.2 Å². The highest BCUT2D eigenvalue weighted by Gasteiger charge is 2.28. The van der Waals surface area contributed by atoms with Crippen LogP contribution in [0.15, 0.2) is 93.9 Å². The van der Waals surface area contributed by atoms with E-state index in [1.807, 2.05) is 60.7 Å². The van der Waals surface area contributed by atoms with E-state index in [0.29, 0.717) is 24.9 Å². The number of benzene rings is 3. The maximum atomic E-state index is 13.5. The second kappa shape index (κ2) is 8.27. The molecule has 1 atom stereocenters. The predicted octanol–water partition coefficient (Wildman–Crippen LogP) is 4.67. The van der Waals surface area contributed by atoms with E-state index in [9.17, 15) is 4.79 Å². The monoisotopic (exact) mass is 463 g/mol. The van der Waals surface area contributed by atoms with Crippen molar-refractivity contribution in [2.24, 2.45) is 10.2 Å². The van der Waals surface area contributed by atoms with Gasteiger partial charge in [0, 0.05) is 21.2 Å². The summed E-state index contributed by atoms with van der Waals surface area (Å²) in [5.74, 6) is 0. The molecule has 0 bridgehead atoms. The third-order valence-corrected chi connectivity index (χ3v) is 6.69. The highest BCUT2D eigenvalue weighted by molar-refractivity contribution is 7.07. The van der Waals surface area contributed by atoms with E-state index in [1.165, 1.54) is 11.3 Å². The predicted molar refractivity (Wildman–Crippen MR) is 127 cm³/mol. The SMILES string of the molecule is O=c1/c(=C/c2c(Cl)cccc2Cl)sc2n1C(c1ccccc1)C(c1ccccc1)=NN=2. The van der Waals surface area contributed by atoms with Gasteiger partial charge < -0.3 is 0 Å². The molecular weight excluding hydrogens is 449 g/mol. The van der Waals surface area contributed by atoms with Gasteiger partial charge in [-0.1, -0.05) is 101 Å². The van der Waals surface area contributed by atoms with Gasteiger partial charge in [-0.25, -0.2) is 0 Å². The maximum absolute atomic E-state index is 13.5. The fourth-order valence-electron chi connectivity index (χ4n) is 3.60. The summed E-state index contributed by atoms with van der Waals surface area (Å²) in [6, 6.07) is 24.5. The number of rotatable bonds is 3. The first-order chi connectivity index (χ1) is 15.1. The molecule has 5 rings (SSSR count). The smallest absolute Gasteiger partial charge is 0.268 e. The minimum atomic E-state index is -0.385. The lowest BCUT2D eigenvalue weighted by Gasteiger charge is -2.22. The lowest BCUT2D eigenvalue weighted by atomic mass is 9.96. The number of fused-ring (bicyclic) bond motifs is 1. The number of hydrogen-bond donors (Lipinski definition) is 0. The zero-order chi connectivity index (χ0) is 21.4. The molecule has 0 amide bonds. The topological polar surface area (TPSA) is 46.7 Å². The molecule has 0 fully saturated rings. The minimum absolute atomic E-state index is 0.156. The van der Waals surface area contributed by atoms with Crippen molar-refractivity contribution in [2.45, 2.75) is 6.04 Å². The average Bonchev–Trinajstić information content (AvgIpc) is 3.12. The first-order valence-corrected chi connectivity index (χ1v) is 11.1. The van der Waals surface area contributed by atoms with Crippen LogP contribution in [0.2, 0.25) is 10.0 Å². The third kappa shape index (κ3) is 3.65. The van der Waals surface area contributed by atoms with E-state index in [1.54, 1.807) is 28.8 Å². The van der Waals surface area contributed by atoms with Crippen LogP contribution in [-0.4, -0.2) is 10.3 Å². The summed E-state index contributed by atoms with van der Waals surface area (Å²) in [4.78, 5) is 14.1. The van der Waals surface area contributed by atoms with Crippen molar-refractivity contribution in [3.05, 3.63) is 125 Å². The Morgan fingerprint density at radius 3 is 2.16 bits per heavy atom. The van der Waals surface area contributed by atoms with Gasteiger partial charge in [-0.05, 0) is 23.8 Å². The van der Waals surface area contributed by atoms with Gasteiger partial charge in [-0.2, -0.15) is 0 Å². The molecule has 0 saturated carbocycles. The van der Waals surface area contributed by atoms with Gasteiger partial charge in [0.2, 0.25) is 4.80 Å².